The number of hydrogen-bond donors (Lipinski definition) is 0. The van der Waals surface area contributed by atoms with Gasteiger partial charge < -0.3 is 4.90 Å². The van der Waals surface area contributed by atoms with Crippen LogP contribution in [0.3, 0.4) is 0 Å². The van der Waals surface area contributed by atoms with Crippen LogP contribution < -0.4 is 4.90 Å². The van der Waals surface area contributed by atoms with Crippen molar-refractivity contribution in [2.45, 2.75) is 38.5 Å². The monoisotopic (exact) mass is 755 g/mol. The van der Waals surface area contributed by atoms with E-state index in [0.717, 1.165) is 11.4 Å². The molecule has 0 aliphatic heterocycles. The molecule has 9 aromatic carbocycles. The zero-order valence-corrected chi connectivity index (χ0v) is 34.0. The average molecular weight is 756 g/mol. The van der Waals surface area contributed by atoms with Gasteiger partial charge in [0, 0.05) is 22.0 Å². The highest BCUT2D eigenvalue weighted by molar-refractivity contribution is 6.03. The third-order valence-corrected chi connectivity index (χ3v) is 13.2. The van der Waals surface area contributed by atoms with Gasteiger partial charge in [0.1, 0.15) is 0 Å². The van der Waals surface area contributed by atoms with Crippen LogP contribution in [0.15, 0.2) is 200 Å². The van der Waals surface area contributed by atoms with E-state index in [2.05, 4.69) is 233 Å². The molecule has 0 bridgehead atoms. The first-order chi connectivity index (χ1) is 28.8. The van der Waals surface area contributed by atoms with Crippen LogP contribution in [0.2, 0.25) is 0 Å². The fraction of sp³-hybridized carbons (Fsp3) is 0.103. The van der Waals surface area contributed by atoms with E-state index in [0.29, 0.717) is 0 Å². The lowest BCUT2D eigenvalue weighted by Gasteiger charge is -2.35. The zero-order chi connectivity index (χ0) is 39.9. The van der Waals surface area contributed by atoms with E-state index in [1.807, 2.05) is 0 Å². The standard InChI is InChI=1S/C58H45N/c1-57(2)50-36-34-41(37-48(50)47-35-33-39-21-11-12-25-44(39)55(47)57)43-27-17-31-52(54(43)40-22-9-6-10-23-40)59(51-30-16-14-24-42(51)38-19-7-5-8-20-38)53-32-18-28-46-45-26-13-15-29-49(45)58(3,4)56(46)53/h5-37H,1-4H3. The average Bonchev–Trinajstić information content (AvgIpc) is 3.67. The molecule has 59 heavy (non-hydrogen) atoms. The van der Waals surface area contributed by atoms with Crippen molar-refractivity contribution in [3.05, 3.63) is 222 Å². The summed E-state index contributed by atoms with van der Waals surface area (Å²) in [6, 6.07) is 74.3. The quantitative estimate of drug-likeness (QED) is 0.163. The minimum atomic E-state index is -0.225. The van der Waals surface area contributed by atoms with Crippen LogP contribution >= 0.6 is 0 Å². The Morgan fingerprint density at radius 1 is 0.322 bits per heavy atom. The molecule has 2 aliphatic carbocycles. The van der Waals surface area contributed by atoms with Crippen LogP contribution in [-0.2, 0) is 10.8 Å². The van der Waals surface area contributed by atoms with Gasteiger partial charge in [0.2, 0.25) is 0 Å². The molecule has 0 radical (unpaired) electrons. The maximum Gasteiger partial charge on any atom is 0.0546 e. The Hall–Kier alpha value is -6.96. The van der Waals surface area contributed by atoms with Gasteiger partial charge in [-0.05, 0) is 102 Å². The summed E-state index contributed by atoms with van der Waals surface area (Å²) in [6.45, 7) is 9.56. The molecule has 0 amide bonds. The van der Waals surface area contributed by atoms with Gasteiger partial charge in [0.15, 0.2) is 0 Å². The molecular weight excluding hydrogens is 711 g/mol. The van der Waals surface area contributed by atoms with Crippen LogP contribution in [0.25, 0.3) is 66.4 Å². The molecule has 2 aliphatic rings. The molecule has 9 aromatic rings. The Kier molecular flexibility index (Phi) is 7.94. The van der Waals surface area contributed by atoms with E-state index in [4.69, 9.17) is 0 Å². The molecule has 0 aromatic heterocycles. The van der Waals surface area contributed by atoms with E-state index in [1.54, 1.807) is 0 Å². The summed E-state index contributed by atoms with van der Waals surface area (Å²) >= 11 is 0. The summed E-state index contributed by atoms with van der Waals surface area (Å²) in [5.41, 5.74) is 21.1. The van der Waals surface area contributed by atoms with E-state index in [9.17, 15) is 0 Å². The summed E-state index contributed by atoms with van der Waals surface area (Å²) < 4.78 is 0. The molecule has 1 heteroatoms. The van der Waals surface area contributed by atoms with Gasteiger partial charge in [-0.2, -0.15) is 0 Å². The lowest BCUT2D eigenvalue weighted by molar-refractivity contribution is 0.661. The molecule has 0 saturated carbocycles. The van der Waals surface area contributed by atoms with Gasteiger partial charge in [-0.15, -0.1) is 0 Å². The minimum absolute atomic E-state index is 0.121. The lowest BCUT2D eigenvalue weighted by atomic mass is 9.80. The molecule has 11 rings (SSSR count). The number of fused-ring (bicyclic) bond motifs is 8. The highest BCUT2D eigenvalue weighted by Crippen LogP contribution is 2.57. The molecule has 1 nitrogen and oxygen atoms in total. The summed E-state index contributed by atoms with van der Waals surface area (Å²) in [5, 5.41) is 2.63. The maximum absolute atomic E-state index is 2.57. The normalized spacial score (nSPS) is 14.0. The van der Waals surface area contributed by atoms with Crippen molar-refractivity contribution < 1.29 is 0 Å². The maximum atomic E-state index is 2.57. The van der Waals surface area contributed by atoms with Crippen molar-refractivity contribution >= 4 is 27.8 Å². The second-order valence-electron chi connectivity index (χ2n) is 17.2. The largest absolute Gasteiger partial charge is 0.309 e. The minimum Gasteiger partial charge on any atom is -0.309 e. The van der Waals surface area contributed by atoms with Gasteiger partial charge in [-0.3, -0.25) is 0 Å². The zero-order valence-electron chi connectivity index (χ0n) is 34.0. The van der Waals surface area contributed by atoms with Gasteiger partial charge in [-0.1, -0.05) is 204 Å². The van der Waals surface area contributed by atoms with Crippen molar-refractivity contribution in [3.63, 3.8) is 0 Å². The summed E-state index contributed by atoms with van der Waals surface area (Å²) in [4.78, 5) is 2.57. The fourth-order valence-corrected chi connectivity index (χ4v) is 10.6. The SMILES string of the molecule is CC1(C)c2ccccc2-c2cccc(N(c3ccccc3-c3ccccc3)c3cccc(-c4ccc5c(c4)-c4ccc6ccccc6c4C5(C)C)c3-c3ccccc3)c21. The van der Waals surface area contributed by atoms with Gasteiger partial charge in [-0.25, -0.2) is 0 Å². The second kappa shape index (κ2) is 13.3. The van der Waals surface area contributed by atoms with E-state index < -0.39 is 0 Å². The number of para-hydroxylation sites is 1. The highest BCUT2D eigenvalue weighted by Gasteiger charge is 2.40. The fourth-order valence-electron chi connectivity index (χ4n) is 10.6. The van der Waals surface area contributed by atoms with Crippen LogP contribution in [0.4, 0.5) is 17.1 Å². The van der Waals surface area contributed by atoms with Gasteiger partial charge in [0.25, 0.3) is 0 Å². The third-order valence-electron chi connectivity index (χ3n) is 13.2. The number of nitrogens with zero attached hydrogens (tertiary/aromatic N) is 1. The van der Waals surface area contributed by atoms with E-state index in [1.165, 1.54) is 94.3 Å². The predicted octanol–water partition coefficient (Wildman–Crippen LogP) is 15.9. The van der Waals surface area contributed by atoms with Crippen LogP contribution in [-0.4, -0.2) is 0 Å². The van der Waals surface area contributed by atoms with Crippen LogP contribution in [0.5, 0.6) is 0 Å². The molecule has 0 spiro atoms. The predicted molar refractivity (Wildman–Crippen MR) is 250 cm³/mol. The molecule has 0 unspecified atom stereocenters. The van der Waals surface area contributed by atoms with Gasteiger partial charge >= 0.3 is 0 Å². The lowest BCUT2D eigenvalue weighted by Crippen LogP contribution is -2.21. The van der Waals surface area contributed by atoms with Crippen molar-refractivity contribution in [3.8, 4) is 55.6 Å². The first-order valence-electron chi connectivity index (χ1n) is 20.9. The Balaban J connectivity index is 1.20. The molecule has 0 heterocycles. The number of hydrogen-bond acceptors (Lipinski definition) is 1. The van der Waals surface area contributed by atoms with Crippen LogP contribution in [0, 0.1) is 0 Å². The topological polar surface area (TPSA) is 3.24 Å². The second-order valence-corrected chi connectivity index (χ2v) is 17.2. The molecule has 0 fully saturated rings. The number of benzene rings is 9. The molecule has 282 valence electrons. The van der Waals surface area contributed by atoms with Crippen molar-refractivity contribution in [1.82, 2.24) is 0 Å². The van der Waals surface area contributed by atoms with Crippen molar-refractivity contribution in [2.75, 3.05) is 4.90 Å². The molecular formula is C58H45N. The van der Waals surface area contributed by atoms with E-state index in [-0.39, 0.29) is 10.8 Å². The molecule has 0 saturated heterocycles. The highest BCUT2D eigenvalue weighted by atomic mass is 15.2. The molecule has 0 atom stereocenters. The van der Waals surface area contributed by atoms with Crippen molar-refractivity contribution in [2.24, 2.45) is 0 Å². The first kappa shape index (κ1) is 35.2. The Morgan fingerprint density at radius 2 is 0.881 bits per heavy atom. The van der Waals surface area contributed by atoms with Crippen molar-refractivity contribution in [1.29, 1.82) is 0 Å². The Bertz CT molecular complexity index is 3100. The van der Waals surface area contributed by atoms with Gasteiger partial charge in [0.05, 0.1) is 17.1 Å². The number of anilines is 3. The Labute approximate surface area is 347 Å². The molecule has 0 N–H and O–H groups in total. The smallest absolute Gasteiger partial charge is 0.0546 e. The first-order valence-corrected chi connectivity index (χ1v) is 20.9. The third kappa shape index (κ3) is 5.31. The Morgan fingerprint density at radius 3 is 1.68 bits per heavy atom. The number of rotatable bonds is 6. The van der Waals surface area contributed by atoms with Crippen LogP contribution in [0.1, 0.15) is 49.9 Å². The summed E-state index contributed by atoms with van der Waals surface area (Å²) in [6.07, 6.45) is 0. The summed E-state index contributed by atoms with van der Waals surface area (Å²) in [5.74, 6) is 0. The summed E-state index contributed by atoms with van der Waals surface area (Å²) in [7, 11) is 0. The van der Waals surface area contributed by atoms with E-state index >= 15 is 0 Å².